The molecule has 1 aromatic heterocycles. The van der Waals surface area contributed by atoms with Gasteiger partial charge in [0.05, 0.1) is 31.5 Å². The highest BCUT2D eigenvalue weighted by Crippen LogP contribution is 2.34. The first-order valence-corrected chi connectivity index (χ1v) is 9.43. The number of rotatable bonds is 4. The van der Waals surface area contributed by atoms with Crippen LogP contribution in [-0.2, 0) is 4.79 Å². The number of thioether (sulfide) groups is 1. The Morgan fingerprint density at radius 1 is 1.08 bits per heavy atom. The quantitative estimate of drug-likeness (QED) is 0.511. The predicted molar refractivity (Wildman–Crippen MR) is 107 cm³/mol. The van der Waals surface area contributed by atoms with Gasteiger partial charge >= 0.3 is 0 Å². The summed E-state index contributed by atoms with van der Waals surface area (Å²) in [6.45, 7) is 1.80. The number of hydrogen-bond acceptors (Lipinski definition) is 3. The van der Waals surface area contributed by atoms with Crippen molar-refractivity contribution in [2.45, 2.75) is 17.2 Å². The molecule has 128 valence electrons. The molecule has 3 nitrogen and oxygen atoms in total. The van der Waals surface area contributed by atoms with Gasteiger partial charge in [-0.2, -0.15) is 0 Å². The zero-order valence-corrected chi connectivity index (χ0v) is 16.2. The number of aromatic nitrogens is 1. The van der Waals surface area contributed by atoms with Gasteiger partial charge in [0.25, 0.3) is 0 Å². The number of amides is 1. The molecule has 0 aliphatic rings. The van der Waals surface area contributed by atoms with Crippen LogP contribution in [0.4, 0.5) is 5.69 Å². The van der Waals surface area contributed by atoms with Crippen LogP contribution >= 0.6 is 46.6 Å². The topological polar surface area (TPSA) is 42.0 Å². The maximum absolute atomic E-state index is 12.5. The molecule has 25 heavy (non-hydrogen) atoms. The SMILES string of the molecule is CC(Sc1ccc2ccccc2n1)C(=O)Nc1c(Cl)cc(Cl)cc1Cl. The molecule has 0 fully saturated rings. The molecule has 0 bridgehead atoms. The number of halogens is 3. The van der Waals surface area contributed by atoms with Crippen LogP contribution in [0.2, 0.25) is 15.1 Å². The van der Waals surface area contributed by atoms with E-state index in [0.29, 0.717) is 20.8 Å². The van der Waals surface area contributed by atoms with Crippen molar-refractivity contribution in [3.8, 4) is 0 Å². The molecular weight excluding hydrogens is 399 g/mol. The fraction of sp³-hybridized carbons (Fsp3) is 0.111. The summed E-state index contributed by atoms with van der Waals surface area (Å²) in [5.41, 5.74) is 1.25. The molecule has 1 amide bonds. The molecule has 0 aliphatic carbocycles. The Bertz CT molecular complexity index is 926. The third kappa shape index (κ3) is 4.39. The van der Waals surface area contributed by atoms with E-state index < -0.39 is 0 Å². The largest absolute Gasteiger partial charge is 0.323 e. The van der Waals surface area contributed by atoms with E-state index in [-0.39, 0.29) is 11.2 Å². The lowest BCUT2D eigenvalue weighted by Gasteiger charge is -2.14. The second kappa shape index (κ2) is 7.83. The Morgan fingerprint density at radius 3 is 2.48 bits per heavy atom. The van der Waals surface area contributed by atoms with Crippen molar-refractivity contribution < 1.29 is 4.79 Å². The Morgan fingerprint density at radius 2 is 1.76 bits per heavy atom. The minimum Gasteiger partial charge on any atom is -0.323 e. The fourth-order valence-corrected chi connectivity index (χ4v) is 3.97. The maximum Gasteiger partial charge on any atom is 0.237 e. The minimum absolute atomic E-state index is 0.217. The van der Waals surface area contributed by atoms with E-state index in [1.165, 1.54) is 23.9 Å². The van der Waals surface area contributed by atoms with Crippen molar-refractivity contribution >= 4 is 69.1 Å². The normalized spacial score (nSPS) is 12.2. The van der Waals surface area contributed by atoms with E-state index in [4.69, 9.17) is 34.8 Å². The van der Waals surface area contributed by atoms with Gasteiger partial charge < -0.3 is 5.32 Å². The number of carbonyl (C=O) groups is 1. The highest BCUT2D eigenvalue weighted by Gasteiger charge is 2.18. The molecule has 1 N–H and O–H groups in total. The van der Waals surface area contributed by atoms with Crippen LogP contribution in [0.1, 0.15) is 6.92 Å². The molecule has 0 saturated carbocycles. The molecule has 0 spiro atoms. The third-order valence-corrected chi connectivity index (χ3v) is 5.35. The van der Waals surface area contributed by atoms with E-state index in [1.807, 2.05) is 36.4 Å². The molecule has 0 aliphatic heterocycles. The summed E-state index contributed by atoms with van der Waals surface area (Å²) in [5.74, 6) is -0.217. The van der Waals surface area contributed by atoms with Crippen LogP contribution in [0, 0.1) is 0 Å². The molecule has 0 radical (unpaired) electrons. The summed E-state index contributed by atoms with van der Waals surface area (Å²) in [4.78, 5) is 17.0. The molecule has 1 atom stereocenters. The van der Waals surface area contributed by atoms with Crippen LogP contribution in [0.15, 0.2) is 53.6 Å². The monoisotopic (exact) mass is 410 g/mol. The molecule has 2 aromatic carbocycles. The van der Waals surface area contributed by atoms with Crippen molar-refractivity contribution in [1.82, 2.24) is 4.98 Å². The van der Waals surface area contributed by atoms with Crippen molar-refractivity contribution in [3.05, 3.63) is 63.6 Å². The van der Waals surface area contributed by atoms with Crippen LogP contribution in [-0.4, -0.2) is 16.1 Å². The Hall–Kier alpha value is -1.46. The van der Waals surface area contributed by atoms with E-state index in [0.717, 1.165) is 15.9 Å². The van der Waals surface area contributed by atoms with Crippen molar-refractivity contribution in [2.75, 3.05) is 5.32 Å². The zero-order valence-electron chi connectivity index (χ0n) is 13.1. The van der Waals surface area contributed by atoms with Crippen molar-refractivity contribution in [2.24, 2.45) is 0 Å². The smallest absolute Gasteiger partial charge is 0.237 e. The average Bonchev–Trinajstić information content (AvgIpc) is 2.57. The highest BCUT2D eigenvalue weighted by atomic mass is 35.5. The van der Waals surface area contributed by atoms with Crippen molar-refractivity contribution in [1.29, 1.82) is 0 Å². The Labute approximate surface area is 164 Å². The Balaban J connectivity index is 1.74. The lowest BCUT2D eigenvalue weighted by atomic mass is 10.2. The number of anilines is 1. The summed E-state index contributed by atoms with van der Waals surface area (Å²) in [6, 6.07) is 14.8. The minimum atomic E-state index is -0.378. The van der Waals surface area contributed by atoms with Crippen molar-refractivity contribution in [3.63, 3.8) is 0 Å². The summed E-state index contributed by atoms with van der Waals surface area (Å²) in [6.07, 6.45) is 0. The number of carbonyl (C=O) groups excluding carboxylic acids is 1. The molecule has 0 saturated heterocycles. The molecule has 7 heteroatoms. The summed E-state index contributed by atoms with van der Waals surface area (Å²) in [7, 11) is 0. The lowest BCUT2D eigenvalue weighted by molar-refractivity contribution is -0.115. The van der Waals surface area contributed by atoms with Gasteiger partial charge in [0, 0.05) is 10.4 Å². The molecule has 3 aromatic rings. The number of para-hydroxylation sites is 1. The summed E-state index contributed by atoms with van der Waals surface area (Å²) in [5, 5.41) is 5.22. The number of fused-ring (bicyclic) bond motifs is 1. The van der Waals surface area contributed by atoms with Crippen LogP contribution in [0.3, 0.4) is 0 Å². The van der Waals surface area contributed by atoms with E-state index in [1.54, 1.807) is 6.92 Å². The van der Waals surface area contributed by atoms with E-state index in [9.17, 15) is 4.79 Å². The summed E-state index contributed by atoms with van der Waals surface area (Å²) < 4.78 is 0. The number of nitrogens with one attached hydrogen (secondary N) is 1. The second-order valence-corrected chi connectivity index (χ2v) is 7.95. The number of benzene rings is 2. The molecule has 1 heterocycles. The first kappa shape index (κ1) is 18.3. The first-order chi connectivity index (χ1) is 11.9. The van der Waals surface area contributed by atoms with Gasteiger partial charge in [-0.15, -0.1) is 0 Å². The highest BCUT2D eigenvalue weighted by molar-refractivity contribution is 8.00. The maximum atomic E-state index is 12.5. The zero-order chi connectivity index (χ0) is 18.0. The van der Waals surface area contributed by atoms with Crippen LogP contribution in [0.5, 0.6) is 0 Å². The van der Waals surface area contributed by atoms with Gasteiger partial charge in [-0.05, 0) is 31.2 Å². The second-order valence-electron chi connectivity index (χ2n) is 5.34. The van der Waals surface area contributed by atoms with Gasteiger partial charge in [-0.25, -0.2) is 4.98 Å². The number of hydrogen-bond donors (Lipinski definition) is 1. The fourth-order valence-electron chi connectivity index (χ4n) is 2.23. The standard InChI is InChI=1S/C18H13Cl3N2OS/c1-10(18(24)23-17-13(20)8-12(19)9-14(17)21)25-16-7-6-11-4-2-3-5-15(11)22-16/h2-10H,1H3,(H,23,24). The lowest BCUT2D eigenvalue weighted by Crippen LogP contribution is -2.22. The molecule has 1 unspecified atom stereocenters. The molecular formula is C18H13Cl3N2OS. The van der Waals surface area contributed by atoms with Gasteiger partial charge in [0.2, 0.25) is 5.91 Å². The van der Waals surface area contributed by atoms with Gasteiger partial charge in [-0.1, -0.05) is 70.8 Å². The summed E-state index contributed by atoms with van der Waals surface area (Å²) >= 11 is 19.5. The third-order valence-electron chi connectivity index (χ3n) is 3.49. The van der Waals surface area contributed by atoms with Gasteiger partial charge in [-0.3, -0.25) is 4.79 Å². The first-order valence-electron chi connectivity index (χ1n) is 7.42. The van der Waals surface area contributed by atoms with Gasteiger partial charge in [0.15, 0.2) is 0 Å². The number of nitrogens with zero attached hydrogens (tertiary/aromatic N) is 1. The average molecular weight is 412 g/mol. The molecule has 3 rings (SSSR count). The van der Waals surface area contributed by atoms with Crippen LogP contribution < -0.4 is 5.32 Å². The van der Waals surface area contributed by atoms with Gasteiger partial charge in [0.1, 0.15) is 0 Å². The predicted octanol–water partition coefficient (Wildman–Crippen LogP) is 6.31. The Kier molecular flexibility index (Phi) is 5.74. The van der Waals surface area contributed by atoms with E-state index >= 15 is 0 Å². The number of pyridine rings is 1. The van der Waals surface area contributed by atoms with E-state index in [2.05, 4.69) is 10.3 Å². The van der Waals surface area contributed by atoms with Crippen LogP contribution in [0.25, 0.3) is 10.9 Å².